The van der Waals surface area contributed by atoms with E-state index >= 15 is 0 Å². The summed E-state index contributed by atoms with van der Waals surface area (Å²) in [5.74, 6) is -0.533. The summed E-state index contributed by atoms with van der Waals surface area (Å²) in [5, 5.41) is 8.72. The molecule has 1 aliphatic rings. The molecule has 0 fully saturated rings. The van der Waals surface area contributed by atoms with Gasteiger partial charge in [-0.2, -0.15) is 8.42 Å². The lowest BCUT2D eigenvalue weighted by Gasteiger charge is -2.31. The van der Waals surface area contributed by atoms with E-state index in [9.17, 15) is 28.1 Å². The van der Waals surface area contributed by atoms with Gasteiger partial charge in [0, 0.05) is 23.4 Å². The van der Waals surface area contributed by atoms with Crippen molar-refractivity contribution in [1.29, 1.82) is 0 Å². The van der Waals surface area contributed by atoms with E-state index in [4.69, 9.17) is 9.84 Å². The Balaban J connectivity index is 0.000000226. The van der Waals surface area contributed by atoms with Crippen molar-refractivity contribution < 1.29 is 32.4 Å². The number of carbonyl (C=O) groups is 2. The van der Waals surface area contributed by atoms with Gasteiger partial charge in [-0.15, -0.1) is 0 Å². The third-order valence-corrected chi connectivity index (χ3v) is 9.42. The molecule has 0 atom stereocenters. The highest BCUT2D eigenvalue weighted by Gasteiger charge is 2.30. The van der Waals surface area contributed by atoms with Gasteiger partial charge in [-0.3, -0.25) is 14.2 Å². The number of anilines is 3. The smallest absolute Gasteiger partial charge is 0.341 e. The standard InChI is InChI=1S/C20H15N3O3.C19H30O4S/c21-23-18-7-3-1-5-16(18)22(17-6-2-4-8-19(17)23)14-9-11-15(12-10-14)26-13-20(24)25;1-2-3-4-5-6-7-8-9-10-11-13-17-14-12-15-19(18(17)16-20)24(21,22)23/h1-12H,13H2,(H,24,25);12,14-16H,2-11,13H2,1H3,(H,21,22,23). The van der Waals surface area contributed by atoms with E-state index in [1.54, 1.807) is 24.3 Å². The zero-order valence-corrected chi connectivity index (χ0v) is 29.2. The van der Waals surface area contributed by atoms with Gasteiger partial charge in [-0.05, 0) is 60.9 Å². The Morgan fingerprint density at radius 2 is 1.32 bits per heavy atom. The van der Waals surface area contributed by atoms with Crippen LogP contribution < -0.4 is 14.3 Å². The molecule has 0 saturated carbocycles. The number of hydrogen-bond acceptors (Lipinski definition) is 6. The van der Waals surface area contributed by atoms with Crippen molar-refractivity contribution in [2.45, 2.75) is 82.4 Å². The SMILES string of the molecule is CCCCCCCCCCCCc1cccc(S(=O)(=O)O)c1C=O.[N-]=[N+]1c2ccccc2N(c2ccc(OCC(=O)O)cc2)c2ccccc21. The summed E-state index contributed by atoms with van der Waals surface area (Å²) in [6, 6.07) is 26.9. The molecule has 0 aromatic heterocycles. The second kappa shape index (κ2) is 18.8. The maximum absolute atomic E-state index is 11.3. The number of nitrogens with zero attached hydrogens (tertiary/aromatic N) is 3. The summed E-state index contributed by atoms with van der Waals surface area (Å²) in [6.45, 7) is 1.84. The quantitative estimate of drug-likeness (QED) is 0.0422. The lowest BCUT2D eigenvalue weighted by molar-refractivity contribution is -0.139. The number of aldehydes is 1. The Morgan fingerprint density at radius 3 is 1.84 bits per heavy atom. The minimum atomic E-state index is -4.35. The number of benzene rings is 4. The lowest BCUT2D eigenvalue weighted by atomic mass is 10.0. The molecule has 1 heterocycles. The number of unbranched alkanes of at least 4 members (excludes halogenated alkanes) is 9. The maximum atomic E-state index is 11.3. The Labute approximate surface area is 294 Å². The molecule has 11 heteroatoms. The Kier molecular flexibility index (Phi) is 14.2. The Bertz CT molecular complexity index is 1810. The first-order chi connectivity index (χ1) is 24.2. The van der Waals surface area contributed by atoms with Gasteiger partial charge in [0.05, 0.1) is 0 Å². The van der Waals surface area contributed by atoms with Crippen molar-refractivity contribution in [2.24, 2.45) is 0 Å². The van der Waals surface area contributed by atoms with Crippen LogP contribution >= 0.6 is 0 Å². The number of carboxylic acid groups (broad SMARTS) is 1. The van der Waals surface area contributed by atoms with Crippen molar-refractivity contribution in [3.63, 3.8) is 0 Å². The van der Waals surface area contributed by atoms with Crippen LogP contribution in [0.15, 0.2) is 95.9 Å². The van der Waals surface area contributed by atoms with Crippen molar-refractivity contribution >= 4 is 50.8 Å². The number of carboxylic acids is 1. The third-order valence-electron chi connectivity index (χ3n) is 8.51. The average molecular weight is 700 g/mol. The molecule has 5 rings (SSSR count). The van der Waals surface area contributed by atoms with Gasteiger partial charge in [0.1, 0.15) is 22.0 Å². The molecule has 50 heavy (non-hydrogen) atoms. The molecular formula is C39H45N3O7S. The molecule has 0 radical (unpaired) electrons. The molecule has 4 aromatic rings. The zero-order chi connectivity index (χ0) is 35.9. The van der Waals surface area contributed by atoms with Crippen LogP contribution in [0.4, 0.5) is 28.4 Å². The molecule has 0 saturated heterocycles. The van der Waals surface area contributed by atoms with Crippen molar-refractivity contribution in [3.8, 4) is 5.75 Å². The molecule has 4 aromatic carbocycles. The summed E-state index contributed by atoms with van der Waals surface area (Å²) in [6.07, 6.45) is 13.5. The first kappa shape index (κ1) is 37.9. The first-order valence-corrected chi connectivity index (χ1v) is 18.6. The molecule has 10 nitrogen and oxygen atoms in total. The molecule has 264 valence electrons. The Morgan fingerprint density at radius 1 is 0.780 bits per heavy atom. The summed E-state index contributed by atoms with van der Waals surface area (Å²) < 4.78 is 38.2. The maximum Gasteiger partial charge on any atom is 0.341 e. The monoisotopic (exact) mass is 699 g/mol. The van der Waals surface area contributed by atoms with Gasteiger partial charge < -0.3 is 15.4 Å². The summed E-state index contributed by atoms with van der Waals surface area (Å²) in [5.41, 5.74) is 15.3. The van der Waals surface area contributed by atoms with Gasteiger partial charge in [0.2, 0.25) is 11.4 Å². The van der Waals surface area contributed by atoms with E-state index in [0.717, 1.165) is 29.9 Å². The van der Waals surface area contributed by atoms with E-state index in [-0.39, 0.29) is 17.1 Å². The fourth-order valence-corrected chi connectivity index (χ4v) is 6.72. The van der Waals surface area contributed by atoms with Crippen molar-refractivity contribution in [3.05, 3.63) is 108 Å². The highest BCUT2D eigenvalue weighted by Crippen LogP contribution is 2.49. The van der Waals surface area contributed by atoms with Crippen LogP contribution in [0.25, 0.3) is 5.53 Å². The number of aryl methyl sites for hydroxylation is 1. The van der Waals surface area contributed by atoms with Gasteiger partial charge in [0.25, 0.3) is 10.1 Å². The minimum absolute atomic E-state index is 0.0934. The molecule has 1 aliphatic heterocycles. The third kappa shape index (κ3) is 10.3. The minimum Gasteiger partial charge on any atom is -0.493 e. The van der Waals surface area contributed by atoms with E-state index in [1.807, 2.05) is 65.6 Å². The summed E-state index contributed by atoms with van der Waals surface area (Å²) in [4.78, 5) is 23.6. The highest BCUT2D eigenvalue weighted by molar-refractivity contribution is 7.86. The number of rotatable bonds is 17. The predicted molar refractivity (Wildman–Crippen MR) is 196 cm³/mol. The molecular weight excluding hydrogens is 655 g/mol. The molecule has 0 spiro atoms. The fraction of sp³-hybridized carbons (Fsp3) is 0.333. The molecule has 0 bridgehead atoms. The van der Waals surface area contributed by atoms with Gasteiger partial charge in [-0.25, -0.2) is 9.49 Å². The van der Waals surface area contributed by atoms with Gasteiger partial charge in [0.15, 0.2) is 12.9 Å². The number of fused-ring (bicyclic) bond motifs is 2. The van der Waals surface area contributed by atoms with Crippen molar-refractivity contribution in [1.82, 2.24) is 4.70 Å². The van der Waals surface area contributed by atoms with Crippen molar-refractivity contribution in [2.75, 3.05) is 11.5 Å². The van der Waals surface area contributed by atoms with Crippen LogP contribution in [0.1, 0.15) is 87.1 Å². The molecule has 0 amide bonds. The number of carbonyl (C=O) groups excluding carboxylic acids is 1. The van der Waals surface area contributed by atoms with E-state index in [1.165, 1.54) is 62.1 Å². The average Bonchev–Trinajstić information content (AvgIpc) is 3.12. The van der Waals surface area contributed by atoms with Crippen LogP contribution in [0.3, 0.4) is 0 Å². The predicted octanol–water partition coefficient (Wildman–Crippen LogP) is 10.00. The second-order valence-corrected chi connectivity index (χ2v) is 13.5. The number of aliphatic carboxylic acids is 1. The lowest BCUT2D eigenvalue weighted by Crippen LogP contribution is -2.19. The molecule has 0 aliphatic carbocycles. The van der Waals surface area contributed by atoms with Crippen LogP contribution in [0, 0.1) is 0 Å². The van der Waals surface area contributed by atoms with E-state index in [2.05, 4.69) is 6.92 Å². The number of ether oxygens (including phenoxy) is 1. The highest BCUT2D eigenvalue weighted by atomic mass is 32.2. The number of para-hydroxylation sites is 4. The Hall–Kier alpha value is -4.87. The fourth-order valence-electron chi connectivity index (χ4n) is 6.01. The second-order valence-electron chi connectivity index (χ2n) is 12.2. The molecule has 2 N–H and O–H groups in total. The zero-order valence-electron chi connectivity index (χ0n) is 28.4. The summed E-state index contributed by atoms with van der Waals surface area (Å²) in [7, 11) is -4.35. The first-order valence-electron chi connectivity index (χ1n) is 17.1. The van der Waals surface area contributed by atoms with Gasteiger partial charge >= 0.3 is 5.97 Å². The van der Waals surface area contributed by atoms with Crippen LogP contribution in [0.5, 0.6) is 5.75 Å². The topological polar surface area (TPSA) is 147 Å². The molecule has 0 unspecified atom stereocenters. The van der Waals surface area contributed by atoms with Gasteiger partial charge in [-0.1, -0.05) is 101 Å². The number of hydrogen-bond donors (Lipinski definition) is 2. The summed E-state index contributed by atoms with van der Waals surface area (Å²) >= 11 is 0. The van der Waals surface area contributed by atoms with E-state index < -0.39 is 16.1 Å². The normalized spacial score (nSPS) is 12.0. The van der Waals surface area contributed by atoms with Crippen LogP contribution in [0.2, 0.25) is 0 Å². The van der Waals surface area contributed by atoms with E-state index in [0.29, 0.717) is 35.4 Å². The van der Waals surface area contributed by atoms with Crippen LogP contribution in [-0.2, 0) is 21.3 Å². The van der Waals surface area contributed by atoms with Crippen LogP contribution in [-0.4, -0.2) is 36.9 Å². The largest absolute Gasteiger partial charge is 0.493 e.